The van der Waals surface area contributed by atoms with Crippen molar-refractivity contribution in [2.24, 2.45) is 0 Å². The summed E-state index contributed by atoms with van der Waals surface area (Å²) in [6, 6.07) is 5.35. The molecule has 1 aliphatic rings. The number of benzene rings is 1. The Labute approximate surface area is 185 Å². The maximum absolute atomic E-state index is 11.9. The van der Waals surface area contributed by atoms with Gasteiger partial charge in [0.1, 0.15) is 28.5 Å². The molecule has 9 nitrogen and oxygen atoms in total. The Kier molecular flexibility index (Phi) is 5.60. The lowest BCUT2D eigenvalue weighted by Gasteiger charge is -2.38. The number of ether oxygens (including phenoxy) is 3. The summed E-state index contributed by atoms with van der Waals surface area (Å²) in [5, 5.41) is 5.33. The zero-order chi connectivity index (χ0) is 22.8. The molecule has 9 heteroatoms. The third-order valence-electron chi connectivity index (χ3n) is 5.31. The van der Waals surface area contributed by atoms with Crippen molar-refractivity contribution in [1.29, 1.82) is 0 Å². The highest BCUT2D eigenvalue weighted by Crippen LogP contribution is 2.35. The summed E-state index contributed by atoms with van der Waals surface area (Å²) in [4.78, 5) is 17.8. The number of hydrogen-bond acceptors (Lipinski definition) is 7. The lowest BCUT2D eigenvalue weighted by atomic mass is 10.1. The van der Waals surface area contributed by atoms with Gasteiger partial charge in [0.05, 0.1) is 39.0 Å². The number of methoxy groups -OCH3 is 3. The molecule has 0 saturated carbocycles. The predicted molar refractivity (Wildman–Crippen MR) is 120 cm³/mol. The molecule has 32 heavy (non-hydrogen) atoms. The van der Waals surface area contributed by atoms with Gasteiger partial charge in [-0.1, -0.05) is 12.5 Å². The number of nitrogen functional groups attached to an aromatic ring is 1. The van der Waals surface area contributed by atoms with Crippen molar-refractivity contribution in [2.45, 2.75) is 6.04 Å². The lowest BCUT2D eigenvalue weighted by Crippen LogP contribution is -2.50. The molecule has 1 amide bonds. The molecule has 3 heterocycles. The third kappa shape index (κ3) is 3.67. The summed E-state index contributed by atoms with van der Waals surface area (Å²) in [5.41, 5.74) is 8.07. The molecule has 3 aromatic rings. The molecule has 0 unspecified atom stereocenters. The molecule has 1 saturated heterocycles. The van der Waals surface area contributed by atoms with Crippen LogP contribution in [0.4, 0.5) is 5.82 Å². The molecule has 164 valence electrons. The second kappa shape index (κ2) is 8.51. The molecule has 0 bridgehead atoms. The van der Waals surface area contributed by atoms with Crippen molar-refractivity contribution in [1.82, 2.24) is 19.7 Å². The Morgan fingerprint density at radius 2 is 1.84 bits per heavy atom. The van der Waals surface area contributed by atoms with Crippen LogP contribution in [0, 0.1) is 11.8 Å². The van der Waals surface area contributed by atoms with E-state index in [9.17, 15) is 4.79 Å². The number of aromatic nitrogens is 3. The van der Waals surface area contributed by atoms with Crippen molar-refractivity contribution < 1.29 is 19.0 Å². The molecule has 1 aromatic carbocycles. The normalized spacial score (nSPS) is 13.2. The number of amides is 1. The summed E-state index contributed by atoms with van der Waals surface area (Å²) in [5.74, 6) is 8.20. The number of rotatable bonds is 5. The maximum atomic E-state index is 11.9. The highest BCUT2D eigenvalue weighted by molar-refractivity contribution is 5.97. The van der Waals surface area contributed by atoms with E-state index in [-0.39, 0.29) is 11.9 Å². The van der Waals surface area contributed by atoms with Crippen LogP contribution in [0.25, 0.3) is 10.9 Å². The van der Waals surface area contributed by atoms with Crippen LogP contribution >= 0.6 is 0 Å². The fourth-order valence-corrected chi connectivity index (χ4v) is 3.60. The summed E-state index contributed by atoms with van der Waals surface area (Å²) in [7, 11) is 4.73. The van der Waals surface area contributed by atoms with Gasteiger partial charge in [-0.2, -0.15) is 5.10 Å². The first-order valence-electron chi connectivity index (χ1n) is 9.86. The van der Waals surface area contributed by atoms with Gasteiger partial charge >= 0.3 is 0 Å². The van der Waals surface area contributed by atoms with E-state index in [0.29, 0.717) is 58.3 Å². The number of pyridine rings is 1. The van der Waals surface area contributed by atoms with Gasteiger partial charge < -0.3 is 24.8 Å². The van der Waals surface area contributed by atoms with E-state index in [0.717, 1.165) is 0 Å². The van der Waals surface area contributed by atoms with Crippen LogP contribution in [0.3, 0.4) is 0 Å². The van der Waals surface area contributed by atoms with Gasteiger partial charge in [0.25, 0.3) is 0 Å². The van der Waals surface area contributed by atoms with Gasteiger partial charge in [-0.05, 0) is 24.1 Å². The van der Waals surface area contributed by atoms with Crippen molar-refractivity contribution >= 4 is 22.6 Å². The standard InChI is InChI=1S/C23H23N5O4/c1-5-20(29)27-12-15(13-27)28-22-19(32-4)11-25-23(24)21(22)18(26-28)7-6-14-8-16(30-2)10-17(9-14)31-3/h5,8-11,15H,1,12-13H2,2-4H3,(H2,24,25). The van der Waals surface area contributed by atoms with E-state index in [2.05, 4.69) is 23.4 Å². The highest BCUT2D eigenvalue weighted by atomic mass is 16.5. The van der Waals surface area contributed by atoms with Gasteiger partial charge in [0, 0.05) is 24.7 Å². The van der Waals surface area contributed by atoms with Gasteiger partial charge in [-0.15, -0.1) is 0 Å². The van der Waals surface area contributed by atoms with Crippen molar-refractivity contribution in [2.75, 3.05) is 40.2 Å². The average Bonchev–Trinajstić information content (AvgIpc) is 3.16. The first-order chi connectivity index (χ1) is 15.5. The number of nitrogens with zero attached hydrogens (tertiary/aromatic N) is 4. The van der Waals surface area contributed by atoms with Crippen LogP contribution in [-0.4, -0.2) is 60.0 Å². The molecule has 1 aliphatic heterocycles. The van der Waals surface area contributed by atoms with E-state index in [1.54, 1.807) is 38.5 Å². The first-order valence-corrected chi connectivity index (χ1v) is 9.86. The van der Waals surface area contributed by atoms with E-state index in [1.165, 1.54) is 6.08 Å². The van der Waals surface area contributed by atoms with E-state index in [4.69, 9.17) is 25.0 Å². The van der Waals surface area contributed by atoms with Gasteiger partial charge in [-0.25, -0.2) is 4.98 Å². The number of hydrogen-bond donors (Lipinski definition) is 1. The average molecular weight is 433 g/mol. The SMILES string of the molecule is C=CC(=O)N1CC(n2nc(C#Cc3cc(OC)cc(OC)c3)c3c(N)ncc(OC)c32)C1. The monoisotopic (exact) mass is 433 g/mol. The number of likely N-dealkylation sites (tertiary alicyclic amines) is 1. The molecule has 4 rings (SSSR count). The van der Waals surface area contributed by atoms with Crippen LogP contribution in [0.1, 0.15) is 17.3 Å². The van der Waals surface area contributed by atoms with Crippen LogP contribution in [0.2, 0.25) is 0 Å². The van der Waals surface area contributed by atoms with Crippen molar-refractivity contribution in [3.8, 4) is 29.1 Å². The Bertz CT molecular complexity index is 1240. The largest absolute Gasteiger partial charge is 0.497 e. The summed E-state index contributed by atoms with van der Waals surface area (Å²) >= 11 is 0. The number of nitrogens with two attached hydrogens (primary N) is 1. The van der Waals surface area contributed by atoms with E-state index >= 15 is 0 Å². The van der Waals surface area contributed by atoms with Crippen molar-refractivity contribution in [3.05, 3.63) is 48.3 Å². The summed E-state index contributed by atoms with van der Waals surface area (Å²) < 4.78 is 18.0. The van der Waals surface area contributed by atoms with Crippen LogP contribution in [0.15, 0.2) is 37.1 Å². The molecule has 2 N–H and O–H groups in total. The number of carbonyl (C=O) groups excluding carboxylic acids is 1. The van der Waals surface area contributed by atoms with E-state index < -0.39 is 0 Å². The van der Waals surface area contributed by atoms with E-state index in [1.807, 2.05) is 16.8 Å². The van der Waals surface area contributed by atoms with Crippen LogP contribution in [-0.2, 0) is 4.79 Å². The molecular formula is C23H23N5O4. The quantitative estimate of drug-likeness (QED) is 0.485. The second-order valence-corrected chi connectivity index (χ2v) is 7.18. The Morgan fingerprint density at radius 1 is 1.16 bits per heavy atom. The fraction of sp³-hybridized carbons (Fsp3) is 0.261. The Morgan fingerprint density at radius 3 is 2.44 bits per heavy atom. The van der Waals surface area contributed by atoms with Crippen molar-refractivity contribution in [3.63, 3.8) is 0 Å². The predicted octanol–water partition coefficient (Wildman–Crippen LogP) is 2.01. The zero-order valence-electron chi connectivity index (χ0n) is 18.1. The summed E-state index contributed by atoms with van der Waals surface area (Å²) in [6.45, 7) is 4.55. The number of carbonyl (C=O) groups is 1. The topological polar surface area (TPSA) is 105 Å². The lowest BCUT2D eigenvalue weighted by molar-refractivity contribution is -0.131. The minimum absolute atomic E-state index is 0.0374. The smallest absolute Gasteiger partial charge is 0.246 e. The Hall–Kier alpha value is -4.19. The number of anilines is 1. The van der Waals surface area contributed by atoms with Crippen LogP contribution in [0.5, 0.6) is 17.2 Å². The molecule has 2 aromatic heterocycles. The second-order valence-electron chi connectivity index (χ2n) is 7.18. The van der Waals surface area contributed by atoms with Gasteiger partial charge in [0.15, 0.2) is 5.75 Å². The summed E-state index contributed by atoms with van der Waals surface area (Å²) in [6.07, 6.45) is 2.87. The molecule has 0 atom stereocenters. The maximum Gasteiger partial charge on any atom is 0.246 e. The minimum atomic E-state index is -0.113. The molecule has 0 aliphatic carbocycles. The molecule has 0 spiro atoms. The zero-order valence-corrected chi connectivity index (χ0v) is 18.1. The number of fused-ring (bicyclic) bond motifs is 1. The molecular weight excluding hydrogens is 410 g/mol. The first kappa shape index (κ1) is 21.1. The molecule has 1 fully saturated rings. The Balaban J connectivity index is 1.80. The van der Waals surface area contributed by atoms with Gasteiger partial charge in [0.2, 0.25) is 5.91 Å². The minimum Gasteiger partial charge on any atom is -0.497 e. The fourth-order valence-electron chi connectivity index (χ4n) is 3.60. The van der Waals surface area contributed by atoms with Crippen LogP contribution < -0.4 is 19.9 Å². The third-order valence-corrected chi connectivity index (χ3v) is 5.31. The van der Waals surface area contributed by atoms with Gasteiger partial charge in [-0.3, -0.25) is 9.48 Å². The molecule has 0 radical (unpaired) electrons. The highest BCUT2D eigenvalue weighted by Gasteiger charge is 2.34.